The Labute approximate surface area is 112 Å². The summed E-state index contributed by atoms with van der Waals surface area (Å²) in [7, 11) is 1.45. The molecule has 0 saturated heterocycles. The molecule has 0 aliphatic carbocycles. The van der Waals surface area contributed by atoms with Crippen LogP contribution in [0.1, 0.15) is 40.5 Å². The molecule has 0 amide bonds. The van der Waals surface area contributed by atoms with Crippen molar-refractivity contribution in [2.75, 3.05) is 33.3 Å². The van der Waals surface area contributed by atoms with Crippen LogP contribution in [-0.2, 0) is 9.53 Å². The maximum absolute atomic E-state index is 11.7. The van der Waals surface area contributed by atoms with Crippen molar-refractivity contribution in [2.45, 2.75) is 46.6 Å². The van der Waals surface area contributed by atoms with Gasteiger partial charge in [-0.2, -0.15) is 0 Å². The van der Waals surface area contributed by atoms with Gasteiger partial charge in [-0.1, -0.05) is 34.1 Å². The number of carbonyl (C=O) groups is 1. The summed E-state index contributed by atoms with van der Waals surface area (Å²) in [6.45, 7) is 12.3. The summed E-state index contributed by atoms with van der Waals surface area (Å²) in [6, 6.07) is -0.209. The van der Waals surface area contributed by atoms with Gasteiger partial charge in [0.05, 0.1) is 7.11 Å². The third kappa shape index (κ3) is 6.97. The molecule has 0 aromatic rings. The highest BCUT2D eigenvalue weighted by molar-refractivity contribution is 5.75. The van der Waals surface area contributed by atoms with E-state index in [1.807, 2.05) is 0 Å². The lowest BCUT2D eigenvalue weighted by Crippen LogP contribution is -2.47. The molecule has 108 valence electrons. The molecular formula is C14H30N2O2. The third-order valence-corrected chi connectivity index (χ3v) is 3.28. The van der Waals surface area contributed by atoms with Gasteiger partial charge in [0.25, 0.3) is 0 Å². The van der Waals surface area contributed by atoms with E-state index in [-0.39, 0.29) is 12.0 Å². The minimum Gasteiger partial charge on any atom is -0.468 e. The number of ether oxygens (including phenoxy) is 1. The van der Waals surface area contributed by atoms with Crippen LogP contribution in [0.2, 0.25) is 0 Å². The number of nitrogens with one attached hydrogen (secondary N) is 1. The van der Waals surface area contributed by atoms with Crippen molar-refractivity contribution in [3.8, 4) is 0 Å². The second-order valence-corrected chi connectivity index (χ2v) is 4.90. The second-order valence-electron chi connectivity index (χ2n) is 4.90. The highest BCUT2D eigenvalue weighted by Gasteiger charge is 2.21. The molecule has 0 rings (SSSR count). The van der Waals surface area contributed by atoms with Crippen LogP contribution in [0.25, 0.3) is 0 Å². The van der Waals surface area contributed by atoms with E-state index in [9.17, 15) is 4.79 Å². The Balaban J connectivity index is 4.36. The first kappa shape index (κ1) is 17.4. The van der Waals surface area contributed by atoms with Crippen LogP contribution in [0.3, 0.4) is 0 Å². The minimum atomic E-state index is -0.209. The van der Waals surface area contributed by atoms with Gasteiger partial charge in [0.1, 0.15) is 6.04 Å². The standard InChI is InChI=1S/C14H30N2O2/c1-6-9-15-13(14(17)18-5)11-16(8-3)10-12(4)7-2/h12-13,15H,6-11H2,1-5H3. The van der Waals surface area contributed by atoms with Gasteiger partial charge in [-0.15, -0.1) is 0 Å². The Bertz CT molecular complexity index is 222. The van der Waals surface area contributed by atoms with Crippen molar-refractivity contribution < 1.29 is 9.53 Å². The van der Waals surface area contributed by atoms with Crippen molar-refractivity contribution >= 4 is 5.97 Å². The molecule has 0 radical (unpaired) electrons. The lowest BCUT2D eigenvalue weighted by atomic mass is 10.1. The van der Waals surface area contributed by atoms with Gasteiger partial charge in [0.2, 0.25) is 0 Å². The maximum Gasteiger partial charge on any atom is 0.324 e. The molecule has 0 bridgehead atoms. The number of methoxy groups -OCH3 is 1. The Morgan fingerprint density at radius 2 is 1.94 bits per heavy atom. The van der Waals surface area contributed by atoms with Gasteiger partial charge in [0.15, 0.2) is 0 Å². The first-order chi connectivity index (χ1) is 8.58. The topological polar surface area (TPSA) is 41.6 Å². The van der Waals surface area contributed by atoms with Crippen molar-refractivity contribution in [3.63, 3.8) is 0 Å². The number of nitrogens with zero attached hydrogens (tertiary/aromatic N) is 1. The Morgan fingerprint density at radius 1 is 1.28 bits per heavy atom. The highest BCUT2D eigenvalue weighted by Crippen LogP contribution is 2.05. The lowest BCUT2D eigenvalue weighted by Gasteiger charge is -2.27. The van der Waals surface area contributed by atoms with E-state index in [2.05, 4.69) is 37.9 Å². The molecule has 4 heteroatoms. The van der Waals surface area contributed by atoms with Gasteiger partial charge in [-0.3, -0.25) is 4.79 Å². The van der Waals surface area contributed by atoms with Gasteiger partial charge >= 0.3 is 5.97 Å². The van der Waals surface area contributed by atoms with Crippen LogP contribution in [-0.4, -0.2) is 50.2 Å². The number of hydrogen-bond acceptors (Lipinski definition) is 4. The molecule has 4 nitrogen and oxygen atoms in total. The van der Waals surface area contributed by atoms with E-state index in [1.165, 1.54) is 13.5 Å². The normalized spacial score (nSPS) is 14.6. The molecule has 1 N–H and O–H groups in total. The molecule has 0 aromatic carbocycles. The average Bonchev–Trinajstić information content (AvgIpc) is 2.40. The predicted molar refractivity (Wildman–Crippen MR) is 75.7 cm³/mol. The Morgan fingerprint density at radius 3 is 2.39 bits per heavy atom. The SMILES string of the molecule is CCCNC(CN(CC)CC(C)CC)C(=O)OC. The predicted octanol–water partition coefficient (Wildman–Crippen LogP) is 1.90. The first-order valence-corrected chi connectivity index (χ1v) is 7.12. The van der Waals surface area contributed by atoms with Crippen LogP contribution in [0.15, 0.2) is 0 Å². The maximum atomic E-state index is 11.7. The van der Waals surface area contributed by atoms with Gasteiger partial charge in [0, 0.05) is 13.1 Å². The lowest BCUT2D eigenvalue weighted by molar-refractivity contribution is -0.143. The fourth-order valence-electron chi connectivity index (χ4n) is 1.84. The van der Waals surface area contributed by atoms with Crippen LogP contribution >= 0.6 is 0 Å². The molecule has 0 spiro atoms. The smallest absolute Gasteiger partial charge is 0.324 e. The zero-order valence-electron chi connectivity index (χ0n) is 12.7. The van der Waals surface area contributed by atoms with Gasteiger partial charge in [-0.25, -0.2) is 0 Å². The molecule has 0 heterocycles. The summed E-state index contributed by atoms with van der Waals surface area (Å²) in [6.07, 6.45) is 2.19. The fourth-order valence-corrected chi connectivity index (χ4v) is 1.84. The summed E-state index contributed by atoms with van der Waals surface area (Å²) in [4.78, 5) is 14.0. The molecular weight excluding hydrogens is 228 g/mol. The van der Waals surface area contributed by atoms with Crippen molar-refractivity contribution in [3.05, 3.63) is 0 Å². The number of carbonyl (C=O) groups excluding carboxylic acids is 1. The molecule has 0 fully saturated rings. The summed E-state index contributed by atoms with van der Waals surface area (Å²) in [5.74, 6) is 0.500. The van der Waals surface area contributed by atoms with E-state index in [4.69, 9.17) is 4.74 Å². The van der Waals surface area contributed by atoms with Gasteiger partial charge in [-0.05, 0) is 25.4 Å². The number of rotatable bonds is 10. The zero-order chi connectivity index (χ0) is 14.0. The van der Waals surface area contributed by atoms with Crippen molar-refractivity contribution in [1.29, 1.82) is 0 Å². The average molecular weight is 258 g/mol. The number of esters is 1. The minimum absolute atomic E-state index is 0.161. The molecule has 0 aliphatic rings. The van der Waals surface area contributed by atoms with E-state index >= 15 is 0 Å². The second kappa shape index (κ2) is 10.3. The third-order valence-electron chi connectivity index (χ3n) is 3.28. The van der Waals surface area contributed by atoms with Crippen molar-refractivity contribution in [2.24, 2.45) is 5.92 Å². The zero-order valence-corrected chi connectivity index (χ0v) is 12.7. The van der Waals surface area contributed by atoms with Crippen molar-refractivity contribution in [1.82, 2.24) is 10.2 Å². The molecule has 0 aliphatic heterocycles. The van der Waals surface area contributed by atoms with E-state index in [1.54, 1.807) is 0 Å². The molecule has 0 saturated carbocycles. The fraction of sp³-hybridized carbons (Fsp3) is 0.929. The van der Waals surface area contributed by atoms with Crippen LogP contribution in [0.4, 0.5) is 0 Å². The largest absolute Gasteiger partial charge is 0.468 e. The molecule has 18 heavy (non-hydrogen) atoms. The number of hydrogen-bond donors (Lipinski definition) is 1. The monoisotopic (exact) mass is 258 g/mol. The summed E-state index contributed by atoms with van der Waals surface area (Å²) >= 11 is 0. The summed E-state index contributed by atoms with van der Waals surface area (Å²) < 4.78 is 4.86. The summed E-state index contributed by atoms with van der Waals surface area (Å²) in [5.41, 5.74) is 0. The summed E-state index contributed by atoms with van der Waals surface area (Å²) in [5, 5.41) is 3.26. The highest BCUT2D eigenvalue weighted by atomic mass is 16.5. The van der Waals surface area contributed by atoms with Gasteiger partial charge < -0.3 is 15.0 Å². The van der Waals surface area contributed by atoms with E-state index in [0.717, 1.165) is 32.6 Å². The van der Waals surface area contributed by atoms with E-state index < -0.39 is 0 Å². The Kier molecular flexibility index (Phi) is 9.98. The van der Waals surface area contributed by atoms with E-state index in [0.29, 0.717) is 5.92 Å². The molecule has 2 unspecified atom stereocenters. The Hall–Kier alpha value is -0.610. The molecule has 0 aromatic heterocycles. The van der Waals surface area contributed by atoms with Crippen LogP contribution < -0.4 is 5.32 Å². The number of likely N-dealkylation sites (N-methyl/N-ethyl adjacent to an activating group) is 1. The van der Waals surface area contributed by atoms with Crippen LogP contribution in [0, 0.1) is 5.92 Å². The molecule has 2 atom stereocenters. The van der Waals surface area contributed by atoms with Crippen LogP contribution in [0.5, 0.6) is 0 Å². The first-order valence-electron chi connectivity index (χ1n) is 7.12. The quantitative estimate of drug-likeness (QED) is 0.608.